The van der Waals surface area contributed by atoms with Crippen molar-refractivity contribution in [2.75, 3.05) is 23.8 Å². The second-order valence-corrected chi connectivity index (χ2v) is 7.49. The van der Waals surface area contributed by atoms with E-state index in [-0.39, 0.29) is 12.2 Å². The maximum atomic E-state index is 13.0. The van der Waals surface area contributed by atoms with Gasteiger partial charge in [0.15, 0.2) is 18.1 Å². The molecule has 2 N–H and O–H groups in total. The maximum Gasteiger partial charge on any atom is 0.266 e. The summed E-state index contributed by atoms with van der Waals surface area (Å²) >= 11 is 6.06. The van der Waals surface area contributed by atoms with Crippen molar-refractivity contribution < 1.29 is 23.5 Å². The Morgan fingerprint density at radius 2 is 1.77 bits per heavy atom. The Morgan fingerprint density at radius 1 is 1.03 bits per heavy atom. The third-order valence-corrected chi connectivity index (χ3v) is 4.88. The fourth-order valence-corrected chi connectivity index (χ4v) is 3.13. The van der Waals surface area contributed by atoms with E-state index in [0.717, 1.165) is 0 Å². The Labute approximate surface area is 206 Å². The van der Waals surface area contributed by atoms with Gasteiger partial charge in [0, 0.05) is 5.69 Å². The number of ether oxygens (including phenoxy) is 2. The van der Waals surface area contributed by atoms with Gasteiger partial charge < -0.3 is 20.1 Å². The Hall–Kier alpha value is -4.35. The highest BCUT2D eigenvalue weighted by atomic mass is 35.5. The average Bonchev–Trinajstić information content (AvgIpc) is 2.85. The van der Waals surface area contributed by atoms with Gasteiger partial charge in [-0.3, -0.25) is 9.59 Å². The van der Waals surface area contributed by atoms with Crippen molar-refractivity contribution in [3.8, 4) is 17.6 Å². The number of anilines is 2. The molecule has 0 aliphatic carbocycles. The van der Waals surface area contributed by atoms with E-state index in [1.807, 2.05) is 6.07 Å². The van der Waals surface area contributed by atoms with E-state index in [4.69, 9.17) is 21.1 Å². The van der Waals surface area contributed by atoms with E-state index in [2.05, 4.69) is 10.6 Å². The normalized spacial score (nSPS) is 10.7. The molecule has 35 heavy (non-hydrogen) atoms. The lowest BCUT2D eigenvalue weighted by Crippen LogP contribution is -2.20. The number of para-hydroxylation sites is 1. The molecule has 0 atom stereocenters. The number of nitriles is 1. The fourth-order valence-electron chi connectivity index (χ4n) is 2.94. The summed E-state index contributed by atoms with van der Waals surface area (Å²) in [6.07, 6.45) is 1.40. The third-order valence-electron chi connectivity index (χ3n) is 4.55. The first-order chi connectivity index (χ1) is 16.9. The largest absolute Gasteiger partial charge is 0.490 e. The summed E-state index contributed by atoms with van der Waals surface area (Å²) in [5, 5.41) is 15.0. The van der Waals surface area contributed by atoms with Crippen LogP contribution in [0.2, 0.25) is 5.02 Å². The maximum absolute atomic E-state index is 13.0. The smallest absolute Gasteiger partial charge is 0.266 e. The van der Waals surface area contributed by atoms with Crippen LogP contribution < -0.4 is 20.1 Å². The van der Waals surface area contributed by atoms with Gasteiger partial charge in [0.2, 0.25) is 0 Å². The summed E-state index contributed by atoms with van der Waals surface area (Å²) in [6, 6.07) is 18.7. The van der Waals surface area contributed by atoms with Crippen LogP contribution >= 0.6 is 11.6 Å². The third kappa shape index (κ3) is 7.32. The number of benzene rings is 3. The molecule has 0 aliphatic rings. The van der Waals surface area contributed by atoms with E-state index >= 15 is 0 Å². The topological polar surface area (TPSA) is 100 Å². The van der Waals surface area contributed by atoms with Crippen LogP contribution in [0.3, 0.4) is 0 Å². The van der Waals surface area contributed by atoms with Gasteiger partial charge in [-0.1, -0.05) is 29.8 Å². The highest BCUT2D eigenvalue weighted by Crippen LogP contribution is 2.30. The van der Waals surface area contributed by atoms with Crippen molar-refractivity contribution in [3.05, 3.63) is 88.7 Å². The second kappa shape index (κ2) is 12.2. The standard InChI is InChI=1S/C26H21ClFN3O4/c1-2-34-24-14-17(13-18(15-29)26(33)31-22-6-4-3-5-21(22)27)7-12-23(24)35-16-25(32)30-20-10-8-19(28)9-11-20/h3-14H,2,16H2,1H3,(H,30,32)(H,31,33). The highest BCUT2D eigenvalue weighted by Gasteiger charge is 2.13. The molecule has 0 spiro atoms. The first-order valence-electron chi connectivity index (χ1n) is 10.5. The van der Waals surface area contributed by atoms with Crippen LogP contribution in [0.5, 0.6) is 11.5 Å². The van der Waals surface area contributed by atoms with Crippen LogP contribution in [0, 0.1) is 17.1 Å². The van der Waals surface area contributed by atoms with Gasteiger partial charge in [-0.2, -0.15) is 5.26 Å². The number of halogens is 2. The SMILES string of the molecule is CCOc1cc(C=C(C#N)C(=O)Nc2ccccc2Cl)ccc1OCC(=O)Nc1ccc(F)cc1. The average molecular weight is 494 g/mol. The summed E-state index contributed by atoms with van der Waals surface area (Å²) in [7, 11) is 0. The molecule has 0 saturated carbocycles. The Balaban J connectivity index is 1.71. The molecule has 3 rings (SSSR count). The molecular formula is C26H21ClFN3O4. The Morgan fingerprint density at radius 3 is 2.46 bits per heavy atom. The lowest BCUT2D eigenvalue weighted by atomic mass is 10.1. The molecule has 0 radical (unpaired) electrons. The zero-order valence-electron chi connectivity index (χ0n) is 18.7. The summed E-state index contributed by atoms with van der Waals surface area (Å²) < 4.78 is 24.2. The zero-order valence-corrected chi connectivity index (χ0v) is 19.4. The minimum absolute atomic E-state index is 0.139. The molecule has 0 heterocycles. The van der Waals surface area contributed by atoms with Gasteiger partial charge in [0.25, 0.3) is 11.8 Å². The van der Waals surface area contributed by atoms with Gasteiger partial charge in [-0.15, -0.1) is 0 Å². The van der Waals surface area contributed by atoms with Crippen molar-refractivity contribution in [3.63, 3.8) is 0 Å². The first-order valence-corrected chi connectivity index (χ1v) is 10.9. The number of rotatable bonds is 9. The van der Waals surface area contributed by atoms with Crippen LogP contribution in [0.15, 0.2) is 72.3 Å². The monoisotopic (exact) mass is 493 g/mol. The van der Waals surface area contributed by atoms with Crippen molar-refractivity contribution in [1.29, 1.82) is 5.26 Å². The Bertz CT molecular complexity index is 1290. The summed E-state index contributed by atoms with van der Waals surface area (Å²) in [5.74, 6) is -0.824. The van der Waals surface area contributed by atoms with Gasteiger partial charge in [-0.05, 0) is 67.1 Å². The molecular weight excluding hydrogens is 473 g/mol. The molecule has 0 fully saturated rings. The van der Waals surface area contributed by atoms with Crippen molar-refractivity contribution in [2.24, 2.45) is 0 Å². The van der Waals surface area contributed by atoms with Crippen molar-refractivity contribution in [1.82, 2.24) is 0 Å². The number of nitrogens with zero attached hydrogens (tertiary/aromatic N) is 1. The van der Waals surface area contributed by atoms with Gasteiger partial charge in [0.05, 0.1) is 17.3 Å². The number of amides is 2. The molecule has 0 aliphatic heterocycles. The number of hydrogen-bond acceptors (Lipinski definition) is 5. The fraction of sp³-hybridized carbons (Fsp3) is 0.115. The van der Waals surface area contributed by atoms with Crippen LogP contribution in [0.25, 0.3) is 6.08 Å². The van der Waals surface area contributed by atoms with E-state index in [9.17, 15) is 19.2 Å². The summed E-state index contributed by atoms with van der Waals surface area (Å²) in [6.45, 7) is 1.80. The number of carbonyl (C=O) groups excluding carboxylic acids is 2. The Kier molecular flexibility index (Phi) is 8.82. The molecule has 0 unspecified atom stereocenters. The molecule has 3 aromatic rings. The van der Waals surface area contributed by atoms with Crippen LogP contribution in [-0.2, 0) is 9.59 Å². The van der Waals surface area contributed by atoms with E-state index in [1.165, 1.54) is 30.3 Å². The van der Waals surface area contributed by atoms with Crippen LogP contribution in [-0.4, -0.2) is 25.0 Å². The van der Waals surface area contributed by atoms with Crippen LogP contribution in [0.4, 0.5) is 15.8 Å². The summed E-state index contributed by atoms with van der Waals surface area (Å²) in [5.41, 5.74) is 1.20. The van der Waals surface area contributed by atoms with Gasteiger partial charge in [0.1, 0.15) is 17.5 Å². The quantitative estimate of drug-likeness (QED) is 0.305. The molecule has 9 heteroatoms. The minimum atomic E-state index is -0.614. The molecule has 0 saturated heterocycles. The van der Waals surface area contributed by atoms with Crippen LogP contribution in [0.1, 0.15) is 12.5 Å². The van der Waals surface area contributed by atoms with Crippen molar-refractivity contribution >= 4 is 40.9 Å². The van der Waals surface area contributed by atoms with Crippen molar-refractivity contribution in [2.45, 2.75) is 6.92 Å². The summed E-state index contributed by atoms with van der Waals surface area (Å²) in [4.78, 5) is 24.7. The predicted molar refractivity (Wildman–Crippen MR) is 132 cm³/mol. The van der Waals surface area contributed by atoms with Gasteiger partial charge in [-0.25, -0.2) is 4.39 Å². The number of nitrogens with one attached hydrogen (secondary N) is 2. The first kappa shape index (κ1) is 25.3. The second-order valence-electron chi connectivity index (χ2n) is 7.09. The minimum Gasteiger partial charge on any atom is -0.490 e. The lowest BCUT2D eigenvalue weighted by molar-refractivity contribution is -0.118. The molecule has 0 aromatic heterocycles. The zero-order chi connectivity index (χ0) is 25.2. The molecule has 178 valence electrons. The van der Waals surface area contributed by atoms with E-state index < -0.39 is 17.6 Å². The van der Waals surface area contributed by atoms with E-state index in [0.29, 0.717) is 40.1 Å². The van der Waals surface area contributed by atoms with E-state index in [1.54, 1.807) is 49.4 Å². The molecule has 3 aromatic carbocycles. The lowest BCUT2D eigenvalue weighted by Gasteiger charge is -2.13. The predicted octanol–water partition coefficient (Wildman–Crippen LogP) is 5.44. The molecule has 7 nitrogen and oxygen atoms in total. The van der Waals surface area contributed by atoms with Gasteiger partial charge >= 0.3 is 0 Å². The molecule has 0 bridgehead atoms. The highest BCUT2D eigenvalue weighted by molar-refractivity contribution is 6.34. The number of hydrogen-bond donors (Lipinski definition) is 2. The molecule has 2 amide bonds. The number of carbonyl (C=O) groups is 2.